The van der Waals surface area contributed by atoms with E-state index >= 15 is 0 Å². The lowest BCUT2D eigenvalue weighted by molar-refractivity contribution is -0.120. The van der Waals surface area contributed by atoms with Crippen LogP contribution in [-0.4, -0.2) is 22.4 Å². The average Bonchev–Trinajstić information content (AvgIpc) is 2.90. The SMILES string of the molecule is Cc1[nH]c(=S)sc1CC(=O)NCCc1cscn1. The van der Waals surface area contributed by atoms with Crippen molar-refractivity contribution in [1.82, 2.24) is 15.3 Å². The van der Waals surface area contributed by atoms with Gasteiger partial charge in [-0.05, 0) is 19.1 Å². The summed E-state index contributed by atoms with van der Waals surface area (Å²) < 4.78 is 0.720. The van der Waals surface area contributed by atoms with Gasteiger partial charge in [-0.3, -0.25) is 4.79 Å². The molecular weight excluding hydrogens is 286 g/mol. The number of aryl methyl sites for hydroxylation is 1. The van der Waals surface area contributed by atoms with E-state index in [2.05, 4.69) is 15.3 Å². The molecule has 0 saturated heterocycles. The Morgan fingerprint density at radius 3 is 3.06 bits per heavy atom. The Kier molecular flexibility index (Phi) is 4.62. The van der Waals surface area contributed by atoms with E-state index in [0.29, 0.717) is 13.0 Å². The predicted octanol–water partition coefficient (Wildman–Crippen LogP) is 2.47. The molecule has 0 aliphatic heterocycles. The molecule has 1 amide bonds. The van der Waals surface area contributed by atoms with Crippen LogP contribution in [0.1, 0.15) is 16.3 Å². The van der Waals surface area contributed by atoms with Gasteiger partial charge in [0.2, 0.25) is 5.91 Å². The largest absolute Gasteiger partial charge is 0.355 e. The van der Waals surface area contributed by atoms with Gasteiger partial charge in [-0.25, -0.2) is 4.98 Å². The highest BCUT2D eigenvalue weighted by molar-refractivity contribution is 7.73. The number of carbonyl (C=O) groups excluding carboxylic acids is 1. The van der Waals surface area contributed by atoms with Crippen LogP contribution in [0.5, 0.6) is 0 Å². The topological polar surface area (TPSA) is 57.8 Å². The second kappa shape index (κ2) is 6.21. The summed E-state index contributed by atoms with van der Waals surface area (Å²) in [5, 5.41) is 4.88. The molecule has 0 radical (unpaired) electrons. The second-order valence-electron chi connectivity index (χ2n) is 3.82. The van der Waals surface area contributed by atoms with Crippen LogP contribution < -0.4 is 5.32 Å². The Morgan fingerprint density at radius 2 is 2.44 bits per heavy atom. The number of aromatic amines is 1. The Hall–Kier alpha value is -1.05. The van der Waals surface area contributed by atoms with Crippen LogP contribution in [0.25, 0.3) is 0 Å². The smallest absolute Gasteiger partial charge is 0.225 e. The van der Waals surface area contributed by atoms with Crippen molar-refractivity contribution in [2.24, 2.45) is 0 Å². The maximum atomic E-state index is 11.7. The van der Waals surface area contributed by atoms with E-state index in [9.17, 15) is 4.79 Å². The summed E-state index contributed by atoms with van der Waals surface area (Å²) >= 11 is 8.07. The van der Waals surface area contributed by atoms with Crippen LogP contribution in [-0.2, 0) is 17.6 Å². The monoisotopic (exact) mass is 299 g/mol. The number of rotatable bonds is 5. The van der Waals surface area contributed by atoms with Gasteiger partial charge in [0.15, 0.2) is 3.95 Å². The molecule has 2 heterocycles. The molecule has 2 aromatic heterocycles. The molecule has 2 rings (SSSR count). The quantitative estimate of drug-likeness (QED) is 0.834. The standard InChI is InChI=1S/C11H13N3OS3/c1-7-9(18-11(16)14-7)4-10(15)12-3-2-8-5-17-6-13-8/h5-6H,2-4H2,1H3,(H,12,15)(H,14,16). The molecule has 0 aromatic carbocycles. The molecule has 0 fully saturated rings. The van der Waals surface area contributed by atoms with Gasteiger partial charge < -0.3 is 10.3 Å². The van der Waals surface area contributed by atoms with E-state index in [1.54, 1.807) is 16.8 Å². The minimum atomic E-state index is 0.0265. The van der Waals surface area contributed by atoms with Gasteiger partial charge in [0.25, 0.3) is 0 Å². The molecule has 0 aliphatic rings. The van der Waals surface area contributed by atoms with Gasteiger partial charge >= 0.3 is 0 Å². The summed E-state index contributed by atoms with van der Waals surface area (Å²) in [4.78, 5) is 19.9. The lowest BCUT2D eigenvalue weighted by atomic mass is 10.3. The fraction of sp³-hybridized carbons (Fsp3) is 0.364. The fourth-order valence-electron chi connectivity index (χ4n) is 1.50. The van der Waals surface area contributed by atoms with Crippen molar-refractivity contribution in [2.75, 3.05) is 6.54 Å². The van der Waals surface area contributed by atoms with Gasteiger partial charge in [-0.15, -0.1) is 22.7 Å². The molecule has 2 N–H and O–H groups in total. The van der Waals surface area contributed by atoms with Crippen LogP contribution >= 0.6 is 34.9 Å². The zero-order chi connectivity index (χ0) is 13.0. The number of carbonyl (C=O) groups is 1. The van der Waals surface area contributed by atoms with E-state index in [1.165, 1.54) is 11.3 Å². The number of hydrogen-bond donors (Lipinski definition) is 2. The van der Waals surface area contributed by atoms with Crippen molar-refractivity contribution in [1.29, 1.82) is 0 Å². The number of hydrogen-bond acceptors (Lipinski definition) is 5. The average molecular weight is 299 g/mol. The molecule has 7 heteroatoms. The van der Waals surface area contributed by atoms with Gasteiger partial charge in [0.1, 0.15) is 0 Å². The van der Waals surface area contributed by atoms with Crippen molar-refractivity contribution in [3.63, 3.8) is 0 Å². The molecule has 0 bridgehead atoms. The lowest BCUT2D eigenvalue weighted by Crippen LogP contribution is -2.27. The fourth-order valence-corrected chi connectivity index (χ4v) is 3.39. The van der Waals surface area contributed by atoms with Crippen molar-refractivity contribution < 1.29 is 4.79 Å². The third-order valence-electron chi connectivity index (χ3n) is 2.43. The molecule has 4 nitrogen and oxygen atoms in total. The zero-order valence-corrected chi connectivity index (χ0v) is 12.3. The molecule has 18 heavy (non-hydrogen) atoms. The normalized spacial score (nSPS) is 10.5. The summed E-state index contributed by atoms with van der Waals surface area (Å²) in [5.74, 6) is 0.0265. The van der Waals surface area contributed by atoms with E-state index < -0.39 is 0 Å². The van der Waals surface area contributed by atoms with Gasteiger partial charge in [0, 0.05) is 28.9 Å². The third kappa shape index (κ3) is 3.72. The molecule has 0 saturated carbocycles. The number of nitrogens with zero attached hydrogens (tertiary/aromatic N) is 1. The predicted molar refractivity (Wildman–Crippen MR) is 76.8 cm³/mol. The van der Waals surface area contributed by atoms with Crippen molar-refractivity contribution in [2.45, 2.75) is 19.8 Å². The van der Waals surface area contributed by atoms with Crippen LogP contribution in [0.15, 0.2) is 10.9 Å². The zero-order valence-electron chi connectivity index (χ0n) is 9.86. The summed E-state index contributed by atoms with van der Waals surface area (Å²) in [6.07, 6.45) is 1.16. The van der Waals surface area contributed by atoms with Crippen molar-refractivity contribution >= 4 is 40.8 Å². The molecular formula is C11H13N3OS3. The first-order valence-corrected chi connectivity index (χ1v) is 7.64. The Bertz CT molecular complexity index is 571. The van der Waals surface area contributed by atoms with Crippen molar-refractivity contribution in [3.8, 4) is 0 Å². The van der Waals surface area contributed by atoms with Crippen LogP contribution in [0.4, 0.5) is 0 Å². The summed E-state index contributed by atoms with van der Waals surface area (Å²) in [6, 6.07) is 0. The molecule has 0 aliphatic carbocycles. The Balaban J connectivity index is 1.79. The van der Waals surface area contributed by atoms with Gasteiger partial charge in [-0.2, -0.15) is 0 Å². The number of aromatic nitrogens is 2. The number of H-pyrrole nitrogens is 1. The molecule has 2 aromatic rings. The van der Waals surface area contributed by atoms with Crippen LogP contribution in [0, 0.1) is 10.9 Å². The Morgan fingerprint density at radius 1 is 1.61 bits per heavy atom. The summed E-state index contributed by atoms with van der Waals surface area (Å²) in [5.41, 5.74) is 3.81. The first kappa shape index (κ1) is 13.4. The minimum Gasteiger partial charge on any atom is -0.355 e. The number of amides is 1. The number of thiazole rings is 2. The summed E-state index contributed by atoms with van der Waals surface area (Å²) in [6.45, 7) is 2.56. The second-order valence-corrected chi connectivity index (χ2v) is 6.31. The molecule has 0 atom stereocenters. The molecule has 0 spiro atoms. The van der Waals surface area contributed by atoms with E-state index in [1.807, 2.05) is 12.3 Å². The highest BCUT2D eigenvalue weighted by Crippen LogP contribution is 2.14. The highest BCUT2D eigenvalue weighted by atomic mass is 32.1. The van der Waals surface area contributed by atoms with E-state index in [4.69, 9.17) is 12.2 Å². The van der Waals surface area contributed by atoms with E-state index in [-0.39, 0.29) is 5.91 Å². The van der Waals surface area contributed by atoms with Crippen LogP contribution in [0.3, 0.4) is 0 Å². The molecule has 96 valence electrons. The first-order valence-electron chi connectivity index (χ1n) is 5.47. The summed E-state index contributed by atoms with van der Waals surface area (Å²) in [7, 11) is 0. The number of nitrogens with one attached hydrogen (secondary N) is 2. The third-order valence-corrected chi connectivity index (χ3v) is 4.40. The highest BCUT2D eigenvalue weighted by Gasteiger charge is 2.08. The first-order chi connectivity index (χ1) is 8.65. The minimum absolute atomic E-state index is 0.0265. The van der Waals surface area contributed by atoms with E-state index in [0.717, 1.165) is 26.6 Å². The lowest BCUT2D eigenvalue weighted by Gasteiger charge is -2.03. The molecule has 0 unspecified atom stereocenters. The maximum Gasteiger partial charge on any atom is 0.225 e. The maximum absolute atomic E-state index is 11.7. The van der Waals surface area contributed by atoms with Gasteiger partial charge in [-0.1, -0.05) is 0 Å². The Labute approximate surface area is 118 Å². The van der Waals surface area contributed by atoms with Crippen LogP contribution in [0.2, 0.25) is 0 Å². The van der Waals surface area contributed by atoms with Crippen molar-refractivity contribution in [3.05, 3.63) is 31.1 Å². The van der Waals surface area contributed by atoms with Gasteiger partial charge in [0.05, 0.1) is 17.6 Å².